The number of methoxy groups -OCH3 is 1. The molecule has 1 aliphatic carbocycles. The van der Waals surface area contributed by atoms with Crippen LogP contribution in [0.2, 0.25) is 10.0 Å². The van der Waals surface area contributed by atoms with Crippen molar-refractivity contribution < 1.29 is 43.2 Å². The zero-order valence-corrected chi connectivity index (χ0v) is 31.4. The van der Waals surface area contributed by atoms with E-state index in [0.717, 1.165) is 56.3 Å². The van der Waals surface area contributed by atoms with E-state index in [-0.39, 0.29) is 52.4 Å². The predicted octanol–water partition coefficient (Wildman–Crippen LogP) is 6.96. The number of carbonyl (C=O) groups excluding carboxylic acids is 2. The molecule has 8 rings (SSSR count). The summed E-state index contributed by atoms with van der Waals surface area (Å²) >= 11 is 13.3. The molecule has 4 aromatic rings. The third-order valence-corrected chi connectivity index (χ3v) is 11.6. The van der Waals surface area contributed by atoms with E-state index in [1.807, 2.05) is 12.1 Å². The number of carboxylic acid groups (broad SMARTS) is 1. The Hall–Kier alpha value is -4.58. The number of halogens is 3. The molecule has 1 N–H and O–H groups in total. The van der Waals surface area contributed by atoms with E-state index in [0.29, 0.717) is 40.3 Å². The van der Waals surface area contributed by atoms with E-state index < -0.39 is 23.8 Å². The third kappa shape index (κ3) is 8.23. The number of aromatic carboxylic acids is 1. The van der Waals surface area contributed by atoms with Gasteiger partial charge in [0.1, 0.15) is 22.0 Å². The molecule has 13 heteroatoms. The first-order chi connectivity index (χ1) is 26.1. The lowest BCUT2D eigenvalue weighted by atomic mass is 9.82. The summed E-state index contributed by atoms with van der Waals surface area (Å²) < 4.78 is 34.3. The van der Waals surface area contributed by atoms with E-state index >= 15 is 4.39 Å². The minimum atomic E-state index is -1.41. The van der Waals surface area contributed by atoms with E-state index in [9.17, 15) is 19.9 Å². The minimum absolute atomic E-state index is 0.0119. The van der Waals surface area contributed by atoms with Crippen LogP contribution in [0.1, 0.15) is 77.1 Å². The summed E-state index contributed by atoms with van der Waals surface area (Å²) in [4.78, 5) is 30.3. The molecule has 4 heterocycles. The fraction of sp³-hybridized carbons (Fsp3) is 0.390. The molecule has 2 atom stereocenters. The number of para-hydroxylation sites is 1. The van der Waals surface area contributed by atoms with Gasteiger partial charge >= 0.3 is 6.09 Å². The number of carbonyl (C=O) groups is 2. The van der Waals surface area contributed by atoms with Crippen LogP contribution < -0.4 is 24.2 Å². The zero-order valence-electron chi connectivity index (χ0n) is 29.9. The van der Waals surface area contributed by atoms with Crippen LogP contribution in [0.15, 0.2) is 73.1 Å². The van der Waals surface area contributed by atoms with Gasteiger partial charge in [-0.05, 0) is 105 Å². The van der Waals surface area contributed by atoms with Crippen LogP contribution >= 0.6 is 23.2 Å². The monoisotopic (exact) mass is 777 g/mol. The van der Waals surface area contributed by atoms with Crippen LogP contribution in [0.3, 0.4) is 0 Å². The molecule has 4 fully saturated rings. The fourth-order valence-electron chi connectivity index (χ4n) is 8.06. The number of benzene rings is 3. The molecule has 3 aliphatic heterocycles. The highest BCUT2D eigenvalue weighted by Gasteiger charge is 2.38. The maximum atomic E-state index is 15.4. The number of aromatic nitrogens is 1. The lowest BCUT2D eigenvalue weighted by Crippen LogP contribution is -2.53. The number of rotatable bonds is 12. The minimum Gasteiger partial charge on any atom is -0.545 e. The lowest BCUT2D eigenvalue weighted by molar-refractivity contribution is -0.904. The number of piperidine rings is 3. The van der Waals surface area contributed by atoms with Crippen molar-refractivity contribution in [2.24, 2.45) is 5.92 Å². The highest BCUT2D eigenvalue weighted by molar-refractivity contribution is 6.35. The van der Waals surface area contributed by atoms with Crippen LogP contribution in [0, 0.1) is 11.7 Å². The van der Waals surface area contributed by atoms with Gasteiger partial charge in [-0.3, -0.25) is 15.0 Å². The quantitative estimate of drug-likeness (QED) is 0.121. The Bertz CT molecular complexity index is 2000. The molecule has 1 saturated carbocycles. The Morgan fingerprint density at radius 2 is 1.72 bits per heavy atom. The van der Waals surface area contributed by atoms with Crippen molar-refractivity contribution in [3.8, 4) is 11.5 Å². The second-order valence-electron chi connectivity index (χ2n) is 14.3. The molecule has 3 aromatic carbocycles. The van der Waals surface area contributed by atoms with Crippen molar-refractivity contribution in [3.63, 3.8) is 0 Å². The molecule has 0 unspecified atom stereocenters. The van der Waals surface area contributed by atoms with Gasteiger partial charge in [-0.25, -0.2) is 9.18 Å². The number of nitrogens with zero attached hydrogens (tertiary/aromatic N) is 3. The Morgan fingerprint density at radius 3 is 2.37 bits per heavy atom. The van der Waals surface area contributed by atoms with Crippen LogP contribution in [0.5, 0.6) is 11.5 Å². The average Bonchev–Trinajstić information content (AvgIpc) is 3.67. The fourth-order valence-corrected chi connectivity index (χ4v) is 8.66. The second kappa shape index (κ2) is 16.4. The molecule has 3 saturated heterocycles. The van der Waals surface area contributed by atoms with E-state index in [1.165, 1.54) is 35.5 Å². The number of hydrogen-bond donors (Lipinski definition) is 1. The normalized spacial score (nSPS) is 20.0. The second-order valence-corrected chi connectivity index (χ2v) is 15.1. The van der Waals surface area contributed by atoms with Gasteiger partial charge < -0.3 is 24.1 Å². The highest BCUT2D eigenvalue weighted by Crippen LogP contribution is 2.41. The Balaban J connectivity index is 1.30. The molecule has 1 aromatic heterocycles. The molecular formula is C41H42Cl2FN3O7. The summed E-state index contributed by atoms with van der Waals surface area (Å²) in [6, 6.07) is 16.1. The highest BCUT2D eigenvalue weighted by atomic mass is 35.5. The van der Waals surface area contributed by atoms with Crippen LogP contribution in [0.25, 0.3) is 0 Å². The van der Waals surface area contributed by atoms with Crippen molar-refractivity contribution in [1.29, 1.82) is 0 Å². The van der Waals surface area contributed by atoms with Gasteiger partial charge in [-0.1, -0.05) is 59.6 Å². The van der Waals surface area contributed by atoms with Crippen molar-refractivity contribution in [2.45, 2.75) is 69.6 Å². The zero-order chi connectivity index (χ0) is 37.9. The Morgan fingerprint density at radius 1 is 1.00 bits per heavy atom. The van der Waals surface area contributed by atoms with Gasteiger partial charge in [0.2, 0.25) is 12.4 Å². The van der Waals surface area contributed by atoms with Crippen molar-refractivity contribution in [2.75, 3.05) is 31.6 Å². The standard InChI is InChI=1S/C41H42Cl2FN3O7/c1-52-37-13-11-27(19-38(37)53-28-6-2-3-7-28)30(20-32-33(42)22-46(51)23-34(32)43)31-18-25(10-12-29(31)40(48)49)21-47(36-9-5-4-8-35(36)44)41(50)54-39-24-45-16-14-26(39)15-17-45/h4-5,8-13,18-19,22-23,26,28,30,39H,2-3,6-7,14-17,20-21,24H2,1H3,(H-,48,49,51)/t30-,39-/m0/s1. The molecular weight excluding hydrogens is 736 g/mol. The smallest absolute Gasteiger partial charge is 0.415 e. The van der Waals surface area contributed by atoms with E-state index in [4.69, 9.17) is 37.4 Å². The van der Waals surface area contributed by atoms with Gasteiger partial charge in [-0.15, -0.1) is 0 Å². The average molecular weight is 779 g/mol. The van der Waals surface area contributed by atoms with Gasteiger partial charge in [0.15, 0.2) is 11.5 Å². The van der Waals surface area contributed by atoms with Crippen LogP contribution in [0.4, 0.5) is 14.9 Å². The number of amides is 1. The first-order valence-electron chi connectivity index (χ1n) is 18.3. The predicted molar refractivity (Wildman–Crippen MR) is 198 cm³/mol. The van der Waals surface area contributed by atoms with Crippen molar-refractivity contribution in [3.05, 3.63) is 117 Å². The van der Waals surface area contributed by atoms with Crippen molar-refractivity contribution in [1.82, 2.24) is 4.90 Å². The first-order valence-corrected chi connectivity index (χ1v) is 19.1. The van der Waals surface area contributed by atoms with Crippen LogP contribution in [-0.2, 0) is 17.7 Å². The maximum absolute atomic E-state index is 15.4. The van der Waals surface area contributed by atoms with E-state index in [1.54, 1.807) is 37.4 Å². The summed E-state index contributed by atoms with van der Waals surface area (Å²) in [6.07, 6.45) is 7.50. The van der Waals surface area contributed by atoms with Crippen LogP contribution in [-0.4, -0.2) is 61.1 Å². The summed E-state index contributed by atoms with van der Waals surface area (Å²) in [7, 11) is 1.56. The third-order valence-electron chi connectivity index (χ3n) is 10.9. The SMILES string of the molecule is COc1ccc([C@H](Cc2c(Cl)c[n+](O)cc2Cl)c2cc(CN(C(=O)O[C@H]3CN4CCC3CC4)c3ccccc3F)ccc2C(=O)[O-])cc1OC1CCCC1. The van der Waals surface area contributed by atoms with Crippen molar-refractivity contribution >= 4 is 41.0 Å². The largest absolute Gasteiger partial charge is 0.545 e. The topological polar surface area (TPSA) is 115 Å². The summed E-state index contributed by atoms with van der Waals surface area (Å²) in [5, 5.41) is 23.2. The van der Waals surface area contributed by atoms with Gasteiger partial charge in [0.05, 0.1) is 31.4 Å². The number of anilines is 1. The molecule has 284 valence electrons. The Kier molecular flexibility index (Phi) is 11.5. The lowest BCUT2D eigenvalue weighted by Gasteiger charge is -2.44. The number of fused-ring (bicyclic) bond motifs is 3. The Labute approximate surface area is 323 Å². The number of pyridine rings is 1. The first kappa shape index (κ1) is 37.7. The molecule has 2 bridgehead atoms. The molecule has 10 nitrogen and oxygen atoms in total. The van der Waals surface area contributed by atoms with Gasteiger partial charge in [0, 0.05) is 28.3 Å². The summed E-state index contributed by atoms with van der Waals surface area (Å²) in [5.74, 6) is -1.45. The number of carboxylic acids is 1. The maximum Gasteiger partial charge on any atom is 0.415 e. The van der Waals surface area contributed by atoms with Gasteiger partial charge in [-0.2, -0.15) is 0 Å². The van der Waals surface area contributed by atoms with E-state index in [2.05, 4.69) is 4.90 Å². The number of ether oxygens (including phenoxy) is 3. The number of hydrogen-bond acceptors (Lipinski definition) is 8. The van der Waals surface area contributed by atoms with Gasteiger partial charge in [0.25, 0.3) is 0 Å². The molecule has 54 heavy (non-hydrogen) atoms. The molecule has 0 spiro atoms. The molecule has 1 amide bonds. The summed E-state index contributed by atoms with van der Waals surface area (Å²) in [5.41, 5.74) is 1.94. The molecule has 4 aliphatic rings. The summed E-state index contributed by atoms with van der Waals surface area (Å²) in [6.45, 7) is 2.44. The molecule has 0 radical (unpaired) electrons.